The van der Waals surface area contributed by atoms with Crippen LogP contribution in [0.1, 0.15) is 6.42 Å². The van der Waals surface area contributed by atoms with Crippen LogP contribution < -0.4 is 0 Å². The van der Waals surface area contributed by atoms with E-state index in [1.165, 1.54) is 6.08 Å². The van der Waals surface area contributed by atoms with Crippen molar-refractivity contribution in [3.8, 4) is 0 Å². The zero-order valence-corrected chi connectivity index (χ0v) is 6.43. The highest BCUT2D eigenvalue weighted by molar-refractivity contribution is 5.31. The number of ether oxygens (including phenoxy) is 2. The van der Waals surface area contributed by atoms with E-state index in [2.05, 4.69) is 5.16 Å². The van der Waals surface area contributed by atoms with Gasteiger partial charge in [0.2, 0.25) is 0 Å². The highest BCUT2D eigenvalue weighted by Crippen LogP contribution is 2.25. The Morgan fingerprint density at radius 1 is 1.58 bits per heavy atom. The van der Waals surface area contributed by atoms with Crippen molar-refractivity contribution < 1.29 is 19.1 Å². The minimum Gasteiger partial charge on any atom is -0.380 e. The van der Waals surface area contributed by atoms with Gasteiger partial charge in [0.1, 0.15) is 6.10 Å². The molecule has 5 heteroatoms. The summed E-state index contributed by atoms with van der Waals surface area (Å²) in [5.74, 6) is 0. The Balaban J connectivity index is 1.78. The van der Waals surface area contributed by atoms with Crippen LogP contribution in [0.25, 0.3) is 0 Å². The topological polar surface area (TPSA) is 63.7 Å². The van der Waals surface area contributed by atoms with E-state index in [4.69, 9.17) is 14.3 Å². The number of hydrogen-bond acceptors (Lipinski definition) is 5. The average Bonchev–Trinajstić information content (AvgIpc) is 2.85. The molecular weight excluding hydrogens is 162 g/mol. The number of epoxide rings is 2. The van der Waals surface area contributed by atoms with E-state index in [9.17, 15) is 4.79 Å². The normalized spacial score (nSPS) is 33.3. The van der Waals surface area contributed by atoms with Gasteiger partial charge >= 0.3 is 0 Å². The van der Waals surface area contributed by atoms with Gasteiger partial charge in [-0.2, -0.15) is 0 Å². The molecular formula is C7H9NO4. The molecule has 0 bridgehead atoms. The van der Waals surface area contributed by atoms with Crippen molar-refractivity contribution in [3.05, 3.63) is 0 Å². The lowest BCUT2D eigenvalue weighted by Gasteiger charge is -2.08. The first-order valence-corrected chi connectivity index (χ1v) is 3.86. The summed E-state index contributed by atoms with van der Waals surface area (Å²) in [7, 11) is 0. The molecule has 3 atom stereocenters. The first-order chi connectivity index (χ1) is 5.90. The molecule has 0 saturated carbocycles. The van der Waals surface area contributed by atoms with Gasteiger partial charge in [-0.15, -0.1) is 0 Å². The summed E-state index contributed by atoms with van der Waals surface area (Å²) in [5.41, 5.74) is 0. The van der Waals surface area contributed by atoms with Crippen LogP contribution in [0.3, 0.4) is 0 Å². The van der Waals surface area contributed by atoms with E-state index in [1.807, 2.05) is 0 Å². The van der Waals surface area contributed by atoms with E-state index in [-0.39, 0.29) is 18.3 Å². The maximum Gasteiger partial charge on any atom is 0.276 e. The molecule has 0 amide bonds. The highest BCUT2D eigenvalue weighted by Gasteiger charge is 2.39. The molecule has 12 heavy (non-hydrogen) atoms. The van der Waals surface area contributed by atoms with Crippen molar-refractivity contribution in [2.45, 2.75) is 24.7 Å². The molecule has 2 aliphatic heterocycles. The van der Waals surface area contributed by atoms with E-state index in [0.29, 0.717) is 6.61 Å². The van der Waals surface area contributed by atoms with Crippen molar-refractivity contribution in [2.24, 2.45) is 5.16 Å². The molecule has 3 unspecified atom stereocenters. The molecule has 2 saturated heterocycles. The van der Waals surface area contributed by atoms with Crippen LogP contribution in [0.4, 0.5) is 0 Å². The summed E-state index contributed by atoms with van der Waals surface area (Å²) in [6, 6.07) is 0. The van der Waals surface area contributed by atoms with Crippen molar-refractivity contribution >= 4 is 6.08 Å². The summed E-state index contributed by atoms with van der Waals surface area (Å²) >= 11 is 0. The van der Waals surface area contributed by atoms with Crippen LogP contribution in [0.5, 0.6) is 0 Å². The Kier molecular flexibility index (Phi) is 2.08. The Bertz CT molecular complexity index is 205. The summed E-state index contributed by atoms with van der Waals surface area (Å²) in [6.07, 6.45) is 2.29. The number of rotatable bonds is 5. The Morgan fingerprint density at radius 2 is 2.33 bits per heavy atom. The zero-order chi connectivity index (χ0) is 8.39. The van der Waals surface area contributed by atoms with Crippen LogP contribution >= 0.6 is 0 Å². The predicted molar refractivity (Wildman–Crippen MR) is 37.1 cm³/mol. The van der Waals surface area contributed by atoms with E-state index in [1.54, 1.807) is 0 Å². The molecule has 2 fully saturated rings. The molecule has 0 aliphatic carbocycles. The van der Waals surface area contributed by atoms with Gasteiger partial charge in [-0.25, -0.2) is 4.79 Å². The van der Waals surface area contributed by atoms with Crippen molar-refractivity contribution in [2.75, 3.05) is 13.2 Å². The fourth-order valence-electron chi connectivity index (χ4n) is 1.09. The fraction of sp³-hybridized carbons (Fsp3) is 0.857. The number of nitrogens with zero attached hydrogens (tertiary/aromatic N) is 1. The maximum absolute atomic E-state index is 9.76. The second-order valence-corrected chi connectivity index (χ2v) is 2.89. The van der Waals surface area contributed by atoms with Gasteiger partial charge in [0.05, 0.1) is 19.3 Å². The Labute approximate surface area is 69.3 Å². The Morgan fingerprint density at radius 3 is 2.83 bits per heavy atom. The predicted octanol–water partition coefficient (Wildman–Crippen LogP) is -0.190. The van der Waals surface area contributed by atoms with Gasteiger partial charge in [-0.05, 0) is 0 Å². The molecule has 0 aromatic heterocycles. The van der Waals surface area contributed by atoms with Crippen LogP contribution in [-0.2, 0) is 19.1 Å². The van der Waals surface area contributed by atoms with Gasteiger partial charge < -0.3 is 14.3 Å². The summed E-state index contributed by atoms with van der Waals surface area (Å²) in [4.78, 5) is 14.6. The van der Waals surface area contributed by atoms with Crippen LogP contribution in [0.15, 0.2) is 5.16 Å². The third kappa shape index (κ3) is 2.04. The van der Waals surface area contributed by atoms with Crippen LogP contribution in [0.2, 0.25) is 0 Å². The molecule has 2 heterocycles. The number of carbonyl (C=O) groups excluding carboxylic acids is 1. The van der Waals surface area contributed by atoms with Crippen LogP contribution in [-0.4, -0.2) is 37.6 Å². The minimum absolute atomic E-state index is 0.0892. The third-order valence-corrected chi connectivity index (χ3v) is 1.90. The summed E-state index contributed by atoms with van der Waals surface area (Å²) < 4.78 is 10.0. The minimum atomic E-state index is -0.140. The molecule has 5 nitrogen and oxygen atoms in total. The lowest BCUT2D eigenvalue weighted by atomic mass is 10.1. The van der Waals surface area contributed by atoms with Gasteiger partial charge in [0.15, 0.2) is 6.10 Å². The fourth-order valence-corrected chi connectivity index (χ4v) is 1.09. The van der Waals surface area contributed by atoms with E-state index in [0.717, 1.165) is 13.0 Å². The summed E-state index contributed by atoms with van der Waals surface area (Å²) in [5, 5.41) is 3.07. The molecule has 0 radical (unpaired) electrons. The maximum atomic E-state index is 9.76. The van der Waals surface area contributed by atoms with Crippen molar-refractivity contribution in [3.63, 3.8) is 0 Å². The summed E-state index contributed by atoms with van der Waals surface area (Å²) in [6.45, 7) is 1.46. The van der Waals surface area contributed by atoms with Crippen molar-refractivity contribution in [1.29, 1.82) is 0 Å². The second-order valence-electron chi connectivity index (χ2n) is 2.89. The van der Waals surface area contributed by atoms with E-state index >= 15 is 0 Å². The molecule has 2 rings (SSSR count). The van der Waals surface area contributed by atoms with E-state index < -0.39 is 0 Å². The average molecular weight is 171 g/mol. The molecule has 2 aliphatic rings. The van der Waals surface area contributed by atoms with Gasteiger partial charge in [0.25, 0.3) is 6.08 Å². The second kappa shape index (κ2) is 3.23. The van der Waals surface area contributed by atoms with Gasteiger partial charge in [0, 0.05) is 11.6 Å². The van der Waals surface area contributed by atoms with Gasteiger partial charge in [-0.3, -0.25) is 0 Å². The van der Waals surface area contributed by atoms with Crippen LogP contribution in [0, 0.1) is 0 Å². The third-order valence-electron chi connectivity index (χ3n) is 1.90. The quantitative estimate of drug-likeness (QED) is 0.249. The molecule has 0 N–H and O–H groups in total. The molecule has 0 spiro atoms. The first kappa shape index (κ1) is 7.73. The highest BCUT2D eigenvalue weighted by atomic mass is 16.7. The largest absolute Gasteiger partial charge is 0.380 e. The lowest BCUT2D eigenvalue weighted by molar-refractivity contribution is 0.0272. The molecule has 0 aromatic rings. The number of isocyanates is 1. The Hall–Kier alpha value is -0.900. The standard InChI is InChI=1S/C7H9NO4/c9-4-8-12-6(7-3-11-7)1-5-2-10-5/h5-7H,1-3H2. The monoisotopic (exact) mass is 171 g/mol. The molecule has 66 valence electrons. The number of hydrogen-bond donors (Lipinski definition) is 0. The van der Waals surface area contributed by atoms with Gasteiger partial charge in [-0.1, -0.05) is 0 Å². The first-order valence-electron chi connectivity index (χ1n) is 3.86. The molecule has 0 aromatic carbocycles. The van der Waals surface area contributed by atoms with Crippen molar-refractivity contribution in [1.82, 2.24) is 0 Å². The zero-order valence-electron chi connectivity index (χ0n) is 6.43. The smallest absolute Gasteiger partial charge is 0.276 e. The SMILES string of the molecule is O=C=NOC(CC1CO1)C1CO1. The lowest BCUT2D eigenvalue weighted by Crippen LogP contribution is -2.19.